The molecule has 0 N–H and O–H groups in total. The van der Waals surface area contributed by atoms with E-state index in [4.69, 9.17) is 16.4 Å². The molecule has 130 valence electrons. The minimum atomic E-state index is -0.416. The van der Waals surface area contributed by atoms with Crippen LogP contribution in [0.25, 0.3) is 0 Å². The molecule has 0 bridgehead atoms. The van der Waals surface area contributed by atoms with E-state index in [1.807, 2.05) is 38.1 Å². The molecule has 1 atom stereocenters. The third kappa shape index (κ3) is 3.82. The maximum Gasteiger partial charge on any atom is 0.161 e. The summed E-state index contributed by atoms with van der Waals surface area (Å²) < 4.78 is 13.9. The highest BCUT2D eigenvalue weighted by atomic mass is 35.5. The lowest BCUT2D eigenvalue weighted by Gasteiger charge is -2.10. The third-order valence-corrected chi connectivity index (χ3v) is 4.26. The van der Waals surface area contributed by atoms with E-state index in [1.165, 1.54) is 6.07 Å². The second kappa shape index (κ2) is 7.23. The van der Waals surface area contributed by atoms with Crippen LogP contribution in [0.5, 0.6) is 0 Å². The third-order valence-electron chi connectivity index (χ3n) is 3.95. The van der Waals surface area contributed by atoms with Crippen molar-refractivity contribution in [3.63, 3.8) is 0 Å². The van der Waals surface area contributed by atoms with Gasteiger partial charge in [0.25, 0.3) is 0 Å². The van der Waals surface area contributed by atoms with Crippen molar-refractivity contribution in [3.8, 4) is 0 Å². The Hall–Kier alpha value is -2.40. The molecule has 1 unspecified atom stereocenters. The van der Waals surface area contributed by atoms with Crippen LogP contribution in [0.2, 0.25) is 5.02 Å². The zero-order valence-corrected chi connectivity index (χ0v) is 15.1. The zero-order chi connectivity index (χ0) is 18.0. The molecule has 25 heavy (non-hydrogen) atoms. The summed E-state index contributed by atoms with van der Waals surface area (Å²) in [5.74, 6) is -0.285. The quantitative estimate of drug-likeness (QED) is 0.576. The lowest BCUT2D eigenvalue weighted by Crippen LogP contribution is -2.07. The Morgan fingerprint density at radius 3 is 2.80 bits per heavy atom. The summed E-state index contributed by atoms with van der Waals surface area (Å²) in [5, 5.41) is 4.69. The van der Waals surface area contributed by atoms with Crippen LogP contribution in [-0.4, -0.2) is 31.0 Å². The van der Waals surface area contributed by atoms with Crippen LogP contribution < -0.4 is 0 Å². The molecular weight excluding hydrogens is 341 g/mol. The SMILES string of the molecule is Cc1cc(/N=C\N(C)C)c(Cl)cc1C1=NOC(c2ccccc2F)C1. The lowest BCUT2D eigenvalue weighted by molar-refractivity contribution is 0.0830. The van der Waals surface area contributed by atoms with Crippen molar-refractivity contribution in [1.29, 1.82) is 0 Å². The van der Waals surface area contributed by atoms with Crippen molar-refractivity contribution < 1.29 is 9.23 Å². The van der Waals surface area contributed by atoms with Gasteiger partial charge in [-0.3, -0.25) is 0 Å². The van der Waals surface area contributed by atoms with Gasteiger partial charge in [0.1, 0.15) is 5.82 Å². The normalized spacial score (nSPS) is 16.8. The molecule has 2 aromatic rings. The molecule has 0 aromatic heterocycles. The summed E-state index contributed by atoms with van der Waals surface area (Å²) in [6.07, 6.45) is 1.78. The summed E-state index contributed by atoms with van der Waals surface area (Å²) in [7, 11) is 3.79. The Bertz CT molecular complexity index is 849. The predicted octanol–water partition coefficient (Wildman–Crippen LogP) is 4.87. The van der Waals surface area contributed by atoms with Gasteiger partial charge < -0.3 is 9.74 Å². The second-order valence-electron chi connectivity index (χ2n) is 6.18. The Labute approximate surface area is 151 Å². The van der Waals surface area contributed by atoms with Gasteiger partial charge in [-0.25, -0.2) is 9.38 Å². The van der Waals surface area contributed by atoms with Crippen molar-refractivity contribution in [2.75, 3.05) is 14.1 Å². The molecule has 0 radical (unpaired) electrons. The van der Waals surface area contributed by atoms with Crippen LogP contribution in [-0.2, 0) is 4.84 Å². The lowest BCUT2D eigenvalue weighted by atomic mass is 9.97. The number of aliphatic imine (C=N–C) groups is 1. The number of hydrogen-bond donors (Lipinski definition) is 0. The first-order valence-corrected chi connectivity index (χ1v) is 8.31. The van der Waals surface area contributed by atoms with E-state index in [9.17, 15) is 4.39 Å². The van der Waals surface area contributed by atoms with Gasteiger partial charge in [0.15, 0.2) is 6.10 Å². The van der Waals surface area contributed by atoms with E-state index in [1.54, 1.807) is 24.5 Å². The Morgan fingerprint density at radius 1 is 1.32 bits per heavy atom. The van der Waals surface area contributed by atoms with Crippen LogP contribution in [0.15, 0.2) is 46.5 Å². The maximum atomic E-state index is 13.9. The number of aryl methyl sites for hydroxylation is 1. The fourth-order valence-electron chi connectivity index (χ4n) is 2.69. The van der Waals surface area contributed by atoms with Crippen LogP contribution in [0.1, 0.15) is 29.2 Å². The second-order valence-corrected chi connectivity index (χ2v) is 6.59. The molecule has 0 saturated heterocycles. The predicted molar refractivity (Wildman–Crippen MR) is 99.4 cm³/mol. The standard InChI is InChI=1S/C19H19ClFN3O/c1-12-8-18(22-11-24(2)3)15(20)9-14(12)17-10-19(25-23-17)13-6-4-5-7-16(13)21/h4-9,11,19H,10H2,1-3H3/b22-11-. The molecule has 1 aliphatic rings. The maximum absolute atomic E-state index is 13.9. The number of hydrogen-bond acceptors (Lipinski definition) is 3. The van der Waals surface area contributed by atoms with E-state index in [2.05, 4.69) is 10.1 Å². The topological polar surface area (TPSA) is 37.2 Å². The summed E-state index contributed by atoms with van der Waals surface area (Å²) in [6.45, 7) is 1.97. The highest BCUT2D eigenvalue weighted by Crippen LogP contribution is 2.34. The molecule has 0 amide bonds. The van der Waals surface area contributed by atoms with Crippen LogP contribution in [0.4, 0.5) is 10.1 Å². The van der Waals surface area contributed by atoms with Gasteiger partial charge in [-0.1, -0.05) is 35.0 Å². The molecule has 3 rings (SSSR count). The van der Waals surface area contributed by atoms with Crippen LogP contribution >= 0.6 is 11.6 Å². The van der Waals surface area contributed by atoms with Crippen molar-refractivity contribution in [3.05, 3.63) is 63.9 Å². The minimum Gasteiger partial charge on any atom is -0.387 e. The van der Waals surface area contributed by atoms with Gasteiger partial charge in [0.2, 0.25) is 0 Å². The molecule has 1 heterocycles. The smallest absolute Gasteiger partial charge is 0.161 e. The number of benzene rings is 2. The van der Waals surface area contributed by atoms with Gasteiger partial charge in [-0.15, -0.1) is 0 Å². The molecule has 1 aliphatic heterocycles. The molecule has 0 aliphatic carbocycles. The van der Waals surface area contributed by atoms with Crippen molar-refractivity contribution >= 4 is 29.3 Å². The summed E-state index contributed by atoms with van der Waals surface area (Å²) in [4.78, 5) is 11.7. The molecule has 4 nitrogen and oxygen atoms in total. The highest BCUT2D eigenvalue weighted by molar-refractivity contribution is 6.33. The van der Waals surface area contributed by atoms with Gasteiger partial charge in [-0.2, -0.15) is 0 Å². The molecule has 6 heteroatoms. The van der Waals surface area contributed by atoms with Crippen molar-refractivity contribution in [2.45, 2.75) is 19.4 Å². The molecule has 2 aromatic carbocycles. The fourth-order valence-corrected chi connectivity index (χ4v) is 2.91. The fraction of sp³-hybridized carbons (Fsp3) is 0.263. The largest absolute Gasteiger partial charge is 0.387 e. The Morgan fingerprint density at radius 2 is 2.08 bits per heavy atom. The first-order chi connectivity index (χ1) is 12.0. The summed E-state index contributed by atoms with van der Waals surface area (Å²) in [6, 6.07) is 10.3. The average molecular weight is 360 g/mol. The van der Waals surface area contributed by atoms with Gasteiger partial charge in [0.05, 0.1) is 22.8 Å². The number of nitrogens with zero attached hydrogens (tertiary/aromatic N) is 3. The van der Waals surface area contributed by atoms with Gasteiger partial charge in [0, 0.05) is 31.6 Å². The molecule has 0 fully saturated rings. The minimum absolute atomic E-state index is 0.285. The van der Waals surface area contributed by atoms with E-state index in [0.29, 0.717) is 22.7 Å². The van der Waals surface area contributed by atoms with E-state index >= 15 is 0 Å². The van der Waals surface area contributed by atoms with Crippen molar-refractivity contribution in [1.82, 2.24) is 4.90 Å². The first kappa shape index (κ1) is 17.4. The molecule has 0 spiro atoms. The Kier molecular flexibility index (Phi) is 5.04. The number of oxime groups is 1. The van der Waals surface area contributed by atoms with Crippen LogP contribution in [0.3, 0.4) is 0 Å². The van der Waals surface area contributed by atoms with Crippen LogP contribution in [0, 0.1) is 12.7 Å². The summed E-state index contributed by atoms with van der Waals surface area (Å²) >= 11 is 6.35. The summed E-state index contributed by atoms with van der Waals surface area (Å²) in [5.41, 5.74) is 3.86. The Balaban J connectivity index is 1.84. The first-order valence-electron chi connectivity index (χ1n) is 7.94. The average Bonchev–Trinajstić information content (AvgIpc) is 3.05. The molecular formula is C19H19ClFN3O. The highest BCUT2D eigenvalue weighted by Gasteiger charge is 2.27. The van der Waals surface area contributed by atoms with Gasteiger partial charge >= 0.3 is 0 Å². The zero-order valence-electron chi connectivity index (χ0n) is 14.3. The van der Waals surface area contributed by atoms with E-state index in [-0.39, 0.29) is 5.82 Å². The number of rotatable bonds is 4. The van der Waals surface area contributed by atoms with Gasteiger partial charge in [-0.05, 0) is 30.7 Å². The molecule has 0 saturated carbocycles. The van der Waals surface area contributed by atoms with E-state index < -0.39 is 6.10 Å². The van der Waals surface area contributed by atoms with E-state index in [0.717, 1.165) is 16.8 Å². The van der Waals surface area contributed by atoms with Crippen molar-refractivity contribution in [2.24, 2.45) is 10.1 Å². The number of halogens is 2. The monoisotopic (exact) mass is 359 g/mol.